The van der Waals surface area contributed by atoms with Crippen LogP contribution in [0.25, 0.3) is 0 Å². The first kappa shape index (κ1) is 21.1. The van der Waals surface area contributed by atoms with Crippen molar-refractivity contribution in [3.63, 3.8) is 0 Å². The van der Waals surface area contributed by atoms with Crippen LogP contribution in [0.2, 0.25) is 0 Å². The summed E-state index contributed by atoms with van der Waals surface area (Å²) in [5.74, 6) is 5.46. The lowest BCUT2D eigenvalue weighted by atomic mass is 10.2. The number of aromatic nitrogens is 3. The first-order chi connectivity index (χ1) is 14.4. The normalized spacial score (nSPS) is 10.9. The van der Waals surface area contributed by atoms with E-state index in [0.717, 1.165) is 23.0 Å². The third kappa shape index (κ3) is 5.70. The molecule has 4 N–H and O–H groups in total. The van der Waals surface area contributed by atoms with E-state index in [2.05, 4.69) is 26.0 Å². The van der Waals surface area contributed by atoms with Gasteiger partial charge in [-0.3, -0.25) is 4.79 Å². The lowest BCUT2D eigenvalue weighted by molar-refractivity contribution is -0.113. The molecule has 1 heterocycles. The zero-order chi connectivity index (χ0) is 21.5. The predicted molar refractivity (Wildman–Crippen MR) is 118 cm³/mol. The molecule has 0 saturated heterocycles. The number of nitrogen functional groups attached to an aromatic ring is 1. The van der Waals surface area contributed by atoms with Crippen LogP contribution in [0.3, 0.4) is 0 Å². The SMILES string of the molecule is CN(C)c1ccc(/C=N/Nc2nnc(SCC(=O)Nc3cccc(F)c3)n2N)cc1. The van der Waals surface area contributed by atoms with E-state index in [1.54, 1.807) is 12.3 Å². The van der Waals surface area contributed by atoms with E-state index < -0.39 is 5.82 Å². The molecule has 0 bridgehead atoms. The number of nitrogens with two attached hydrogens (primary N) is 1. The molecule has 156 valence electrons. The van der Waals surface area contributed by atoms with E-state index in [4.69, 9.17) is 5.84 Å². The van der Waals surface area contributed by atoms with Gasteiger partial charge in [-0.25, -0.2) is 14.5 Å². The van der Waals surface area contributed by atoms with Gasteiger partial charge in [0.25, 0.3) is 5.95 Å². The van der Waals surface area contributed by atoms with Gasteiger partial charge in [-0.15, -0.1) is 10.2 Å². The van der Waals surface area contributed by atoms with Gasteiger partial charge in [0.1, 0.15) is 5.82 Å². The quantitative estimate of drug-likeness (QED) is 0.218. The fraction of sp³-hybridized carbons (Fsp3) is 0.158. The number of hydrogen-bond acceptors (Lipinski definition) is 8. The molecule has 0 atom stereocenters. The first-order valence-corrected chi connectivity index (χ1v) is 9.86. The summed E-state index contributed by atoms with van der Waals surface area (Å²) in [6.45, 7) is 0. The molecular formula is C19H21FN8OS. The van der Waals surface area contributed by atoms with Gasteiger partial charge in [0, 0.05) is 25.5 Å². The number of nitrogens with zero attached hydrogens (tertiary/aromatic N) is 5. The fourth-order valence-electron chi connectivity index (χ4n) is 2.37. The largest absolute Gasteiger partial charge is 0.378 e. The molecule has 1 aromatic heterocycles. The van der Waals surface area contributed by atoms with Crippen LogP contribution < -0.4 is 21.5 Å². The van der Waals surface area contributed by atoms with Gasteiger partial charge in [0.2, 0.25) is 11.1 Å². The van der Waals surface area contributed by atoms with E-state index in [9.17, 15) is 9.18 Å². The van der Waals surface area contributed by atoms with Gasteiger partial charge < -0.3 is 16.1 Å². The molecule has 0 fully saturated rings. The van der Waals surface area contributed by atoms with E-state index in [1.807, 2.05) is 43.3 Å². The van der Waals surface area contributed by atoms with Gasteiger partial charge >= 0.3 is 0 Å². The summed E-state index contributed by atoms with van der Waals surface area (Å²) in [5.41, 5.74) is 5.09. The van der Waals surface area contributed by atoms with Crippen molar-refractivity contribution in [1.82, 2.24) is 14.9 Å². The molecule has 3 aromatic rings. The minimum absolute atomic E-state index is 0.0351. The lowest BCUT2D eigenvalue weighted by Crippen LogP contribution is -2.17. The van der Waals surface area contributed by atoms with E-state index in [1.165, 1.54) is 22.9 Å². The highest BCUT2D eigenvalue weighted by Gasteiger charge is 2.12. The van der Waals surface area contributed by atoms with Crippen LogP contribution in [-0.4, -0.2) is 46.8 Å². The van der Waals surface area contributed by atoms with Crippen molar-refractivity contribution in [2.75, 3.05) is 41.3 Å². The third-order valence-corrected chi connectivity index (χ3v) is 4.84. The standard InChI is InChI=1S/C19H21FN8OS/c1-27(2)16-8-6-13(7-9-16)11-22-24-18-25-26-19(28(18)21)30-12-17(29)23-15-5-3-4-14(20)10-15/h3-11H,12,21H2,1-2H3,(H,23,29)(H,24,25)/b22-11+. The summed E-state index contributed by atoms with van der Waals surface area (Å²) >= 11 is 1.10. The maximum atomic E-state index is 13.2. The highest BCUT2D eigenvalue weighted by atomic mass is 32.2. The zero-order valence-electron chi connectivity index (χ0n) is 16.4. The maximum Gasteiger partial charge on any atom is 0.264 e. The monoisotopic (exact) mass is 428 g/mol. The minimum Gasteiger partial charge on any atom is -0.378 e. The molecule has 3 rings (SSSR count). The molecule has 0 unspecified atom stereocenters. The number of halogens is 1. The molecule has 0 spiro atoms. The maximum absolute atomic E-state index is 13.2. The van der Waals surface area contributed by atoms with Crippen LogP contribution in [0.5, 0.6) is 0 Å². The molecule has 0 aliphatic heterocycles. The molecule has 0 aliphatic rings. The lowest BCUT2D eigenvalue weighted by Gasteiger charge is -2.11. The topological polar surface area (TPSA) is 113 Å². The Kier molecular flexibility index (Phi) is 6.86. The van der Waals surface area contributed by atoms with Gasteiger partial charge in [0.15, 0.2) is 0 Å². The zero-order valence-corrected chi connectivity index (χ0v) is 17.2. The molecular weight excluding hydrogens is 407 g/mol. The number of carbonyl (C=O) groups is 1. The Bertz CT molecular complexity index is 1040. The van der Waals surface area contributed by atoms with Crippen molar-refractivity contribution in [3.05, 3.63) is 59.9 Å². The van der Waals surface area contributed by atoms with Crippen LogP contribution in [0.15, 0.2) is 58.8 Å². The molecule has 2 aromatic carbocycles. The summed E-state index contributed by atoms with van der Waals surface area (Å²) in [7, 11) is 3.94. The number of anilines is 3. The number of carbonyl (C=O) groups excluding carboxylic acids is 1. The van der Waals surface area contributed by atoms with Crippen molar-refractivity contribution in [1.29, 1.82) is 0 Å². The van der Waals surface area contributed by atoms with Gasteiger partial charge in [0.05, 0.1) is 12.0 Å². The van der Waals surface area contributed by atoms with Gasteiger partial charge in [-0.05, 0) is 35.9 Å². The third-order valence-electron chi connectivity index (χ3n) is 3.89. The number of amides is 1. The molecule has 0 saturated carbocycles. The Morgan fingerprint density at radius 3 is 2.73 bits per heavy atom. The van der Waals surface area contributed by atoms with Crippen molar-refractivity contribution >= 4 is 41.2 Å². The number of nitrogens with one attached hydrogen (secondary N) is 2. The number of thioether (sulfide) groups is 1. The average molecular weight is 428 g/mol. The summed E-state index contributed by atoms with van der Waals surface area (Å²) in [4.78, 5) is 14.0. The Morgan fingerprint density at radius 1 is 1.27 bits per heavy atom. The summed E-state index contributed by atoms with van der Waals surface area (Å²) in [6.07, 6.45) is 1.63. The van der Waals surface area contributed by atoms with Crippen molar-refractivity contribution in [2.45, 2.75) is 5.16 Å². The molecule has 11 heteroatoms. The van der Waals surface area contributed by atoms with Crippen molar-refractivity contribution < 1.29 is 9.18 Å². The Hall–Kier alpha value is -3.60. The molecule has 0 radical (unpaired) electrons. The fourth-order valence-corrected chi connectivity index (χ4v) is 3.02. The van der Waals surface area contributed by atoms with Crippen molar-refractivity contribution in [3.8, 4) is 0 Å². The van der Waals surface area contributed by atoms with Gasteiger partial charge in [-0.1, -0.05) is 30.0 Å². The number of hydrogen-bond donors (Lipinski definition) is 3. The molecule has 9 nitrogen and oxygen atoms in total. The van der Waals surface area contributed by atoms with Crippen LogP contribution in [0.1, 0.15) is 5.56 Å². The van der Waals surface area contributed by atoms with Crippen LogP contribution in [-0.2, 0) is 4.79 Å². The van der Waals surface area contributed by atoms with E-state index >= 15 is 0 Å². The van der Waals surface area contributed by atoms with Crippen LogP contribution >= 0.6 is 11.8 Å². The summed E-state index contributed by atoms with van der Waals surface area (Å²) in [5, 5.41) is 14.9. The average Bonchev–Trinajstić information content (AvgIpc) is 3.06. The summed E-state index contributed by atoms with van der Waals surface area (Å²) in [6, 6.07) is 13.5. The molecule has 30 heavy (non-hydrogen) atoms. The molecule has 0 aliphatic carbocycles. The Morgan fingerprint density at radius 2 is 2.03 bits per heavy atom. The van der Waals surface area contributed by atoms with Crippen LogP contribution in [0.4, 0.5) is 21.7 Å². The molecule has 1 amide bonds. The Balaban J connectivity index is 1.52. The van der Waals surface area contributed by atoms with Crippen LogP contribution in [0, 0.1) is 5.82 Å². The number of benzene rings is 2. The smallest absolute Gasteiger partial charge is 0.264 e. The Labute approximate surface area is 177 Å². The van der Waals surface area contributed by atoms with Gasteiger partial charge in [-0.2, -0.15) is 5.10 Å². The minimum atomic E-state index is -0.424. The number of hydrazone groups is 1. The summed E-state index contributed by atoms with van der Waals surface area (Å²) < 4.78 is 14.4. The van der Waals surface area contributed by atoms with E-state index in [0.29, 0.717) is 10.8 Å². The highest BCUT2D eigenvalue weighted by Crippen LogP contribution is 2.18. The highest BCUT2D eigenvalue weighted by molar-refractivity contribution is 7.99. The van der Waals surface area contributed by atoms with Crippen molar-refractivity contribution in [2.24, 2.45) is 5.10 Å². The second-order valence-electron chi connectivity index (χ2n) is 6.38. The predicted octanol–water partition coefficient (Wildman–Crippen LogP) is 2.37. The number of rotatable bonds is 8. The first-order valence-electron chi connectivity index (χ1n) is 8.87. The second-order valence-corrected chi connectivity index (χ2v) is 7.32. The van der Waals surface area contributed by atoms with E-state index in [-0.39, 0.29) is 17.6 Å². The second kappa shape index (κ2) is 9.74.